The summed E-state index contributed by atoms with van der Waals surface area (Å²) in [5.41, 5.74) is 3.24. The summed E-state index contributed by atoms with van der Waals surface area (Å²) in [6, 6.07) is 16.7. The monoisotopic (exact) mass is 443 g/mol. The minimum atomic E-state index is 0.190. The molecule has 7 heteroatoms. The first-order valence-corrected chi connectivity index (χ1v) is 8.95. The molecule has 0 fully saturated rings. The fourth-order valence-electron chi connectivity index (χ4n) is 2.14. The Labute approximate surface area is 158 Å². The van der Waals surface area contributed by atoms with Crippen molar-refractivity contribution < 1.29 is 5.11 Å². The van der Waals surface area contributed by atoms with Crippen LogP contribution < -0.4 is 5.32 Å². The van der Waals surface area contributed by atoms with Crippen LogP contribution in [-0.2, 0) is 4.43 Å². The minimum absolute atomic E-state index is 0.190. The average molecular weight is 443 g/mol. The van der Waals surface area contributed by atoms with Gasteiger partial charge >= 0.3 is 0 Å². The standard InChI is InChI=1S/C18H14IN5O/c19-9-12-1-5-14(6-2-12)22-18-16(10-20)17(23-24-18)21-11-13-3-7-15(25)8-4-13/h1-8,11,25H,9H2,(H2,22,23,24). The van der Waals surface area contributed by atoms with Crippen molar-refractivity contribution in [2.75, 3.05) is 5.32 Å². The van der Waals surface area contributed by atoms with E-state index in [9.17, 15) is 10.4 Å². The highest BCUT2D eigenvalue weighted by Crippen LogP contribution is 2.26. The number of aliphatic imine (C=N–C) groups is 1. The summed E-state index contributed by atoms with van der Waals surface area (Å²) in [6.07, 6.45) is 1.59. The van der Waals surface area contributed by atoms with Gasteiger partial charge in [0.25, 0.3) is 0 Å². The van der Waals surface area contributed by atoms with E-state index in [-0.39, 0.29) is 5.75 Å². The Kier molecular flexibility index (Phi) is 5.30. The van der Waals surface area contributed by atoms with E-state index in [0.29, 0.717) is 17.2 Å². The van der Waals surface area contributed by atoms with Gasteiger partial charge in [0.15, 0.2) is 5.82 Å². The van der Waals surface area contributed by atoms with Crippen LogP contribution in [0.15, 0.2) is 53.5 Å². The number of hydrogen-bond donors (Lipinski definition) is 3. The van der Waals surface area contributed by atoms with Crippen molar-refractivity contribution in [3.8, 4) is 11.8 Å². The van der Waals surface area contributed by atoms with Crippen LogP contribution in [0, 0.1) is 11.3 Å². The summed E-state index contributed by atoms with van der Waals surface area (Å²) in [6.45, 7) is 0. The SMILES string of the molecule is N#Cc1c(N=Cc2ccc(O)cc2)n[nH]c1Nc1ccc(CI)cc1. The van der Waals surface area contributed by atoms with Crippen molar-refractivity contribution >= 4 is 46.1 Å². The van der Waals surface area contributed by atoms with Crippen molar-refractivity contribution in [3.63, 3.8) is 0 Å². The molecule has 25 heavy (non-hydrogen) atoms. The molecule has 1 heterocycles. The number of nitrogens with one attached hydrogen (secondary N) is 2. The maximum Gasteiger partial charge on any atom is 0.193 e. The molecule has 0 aliphatic rings. The zero-order valence-electron chi connectivity index (χ0n) is 13.1. The van der Waals surface area contributed by atoms with Crippen LogP contribution in [-0.4, -0.2) is 21.5 Å². The van der Waals surface area contributed by atoms with Gasteiger partial charge in [0, 0.05) is 16.3 Å². The van der Waals surface area contributed by atoms with E-state index in [4.69, 9.17) is 0 Å². The van der Waals surface area contributed by atoms with Crippen molar-refractivity contribution in [2.45, 2.75) is 4.43 Å². The van der Waals surface area contributed by atoms with Crippen LogP contribution in [0.4, 0.5) is 17.3 Å². The van der Waals surface area contributed by atoms with E-state index in [1.165, 1.54) is 5.56 Å². The molecule has 0 saturated carbocycles. The zero-order valence-corrected chi connectivity index (χ0v) is 15.2. The quantitative estimate of drug-likeness (QED) is 0.309. The third-order valence-corrected chi connectivity index (χ3v) is 4.35. The maximum atomic E-state index is 9.42. The van der Waals surface area contributed by atoms with Crippen LogP contribution in [0.2, 0.25) is 0 Å². The fourth-order valence-corrected chi connectivity index (χ4v) is 2.65. The Morgan fingerprint density at radius 3 is 2.56 bits per heavy atom. The van der Waals surface area contributed by atoms with Crippen LogP contribution in [0.1, 0.15) is 16.7 Å². The normalized spacial score (nSPS) is 10.7. The van der Waals surface area contributed by atoms with Crippen molar-refractivity contribution in [1.29, 1.82) is 5.26 Å². The number of nitriles is 1. The minimum Gasteiger partial charge on any atom is -0.508 e. The first kappa shape index (κ1) is 17.0. The summed E-state index contributed by atoms with van der Waals surface area (Å²) in [7, 11) is 0. The summed E-state index contributed by atoms with van der Waals surface area (Å²) < 4.78 is 0.946. The highest BCUT2D eigenvalue weighted by atomic mass is 127. The average Bonchev–Trinajstić information content (AvgIpc) is 3.03. The van der Waals surface area contributed by atoms with Gasteiger partial charge in [-0.3, -0.25) is 5.10 Å². The fraction of sp³-hybridized carbons (Fsp3) is 0.0556. The number of H-pyrrole nitrogens is 1. The number of phenolic OH excluding ortho intramolecular Hbond substituents is 1. The zero-order chi connectivity index (χ0) is 17.6. The number of aromatic amines is 1. The molecule has 0 radical (unpaired) electrons. The molecule has 0 amide bonds. The lowest BCUT2D eigenvalue weighted by Crippen LogP contribution is -1.93. The third-order valence-electron chi connectivity index (χ3n) is 3.47. The molecule has 0 bridgehead atoms. The summed E-state index contributed by atoms with van der Waals surface area (Å²) in [5.74, 6) is 0.999. The number of aromatic hydroxyl groups is 1. The number of aromatic nitrogens is 2. The highest BCUT2D eigenvalue weighted by molar-refractivity contribution is 14.1. The Bertz CT molecular complexity index is 924. The molecule has 1 aromatic heterocycles. The predicted molar refractivity (Wildman–Crippen MR) is 106 cm³/mol. The molecule has 124 valence electrons. The molecule has 3 N–H and O–H groups in total. The third kappa shape index (κ3) is 4.16. The molecular formula is C18H14IN5O. The summed E-state index contributed by atoms with van der Waals surface area (Å²) in [5, 5.41) is 28.8. The van der Waals surface area contributed by atoms with Gasteiger partial charge in [-0.15, -0.1) is 0 Å². The maximum absolute atomic E-state index is 9.42. The van der Waals surface area contributed by atoms with Gasteiger partial charge in [-0.05, 0) is 47.5 Å². The number of rotatable bonds is 5. The number of alkyl halides is 1. The van der Waals surface area contributed by atoms with E-state index < -0.39 is 0 Å². The largest absolute Gasteiger partial charge is 0.508 e. The molecule has 6 nitrogen and oxygen atoms in total. The van der Waals surface area contributed by atoms with Crippen LogP contribution in [0.5, 0.6) is 5.75 Å². The topological polar surface area (TPSA) is 97.1 Å². The van der Waals surface area contributed by atoms with E-state index in [1.807, 2.05) is 24.3 Å². The molecule has 0 aliphatic carbocycles. The number of anilines is 2. The van der Waals surface area contributed by atoms with Crippen molar-refractivity contribution in [1.82, 2.24) is 10.2 Å². The Morgan fingerprint density at radius 1 is 1.20 bits per heavy atom. The molecule has 0 unspecified atom stereocenters. The Morgan fingerprint density at radius 2 is 1.92 bits per heavy atom. The van der Waals surface area contributed by atoms with E-state index in [2.05, 4.69) is 49.2 Å². The van der Waals surface area contributed by atoms with Gasteiger partial charge in [-0.2, -0.15) is 10.4 Å². The van der Waals surface area contributed by atoms with E-state index in [1.54, 1.807) is 30.5 Å². The molecule has 0 saturated heterocycles. The van der Waals surface area contributed by atoms with Crippen molar-refractivity contribution in [2.24, 2.45) is 4.99 Å². The molecule has 0 spiro atoms. The number of halogens is 1. The molecule has 0 atom stereocenters. The lowest BCUT2D eigenvalue weighted by atomic mass is 10.2. The molecule has 3 rings (SSSR count). The number of phenols is 1. The first-order valence-electron chi connectivity index (χ1n) is 7.43. The number of nitrogens with zero attached hydrogens (tertiary/aromatic N) is 3. The first-order chi connectivity index (χ1) is 12.2. The number of hydrogen-bond acceptors (Lipinski definition) is 5. The number of benzene rings is 2. The van der Waals surface area contributed by atoms with Gasteiger partial charge in [0.05, 0.1) is 0 Å². The van der Waals surface area contributed by atoms with Gasteiger partial charge in [-0.25, -0.2) is 4.99 Å². The molecule has 2 aromatic carbocycles. The second kappa shape index (κ2) is 7.81. The van der Waals surface area contributed by atoms with Crippen molar-refractivity contribution in [3.05, 3.63) is 65.2 Å². The molecule has 0 aliphatic heterocycles. The van der Waals surface area contributed by atoms with E-state index >= 15 is 0 Å². The lowest BCUT2D eigenvalue weighted by Gasteiger charge is -2.04. The molecule has 3 aromatic rings. The van der Waals surface area contributed by atoms with Crippen LogP contribution in [0.3, 0.4) is 0 Å². The second-order valence-corrected chi connectivity index (χ2v) is 5.98. The van der Waals surface area contributed by atoms with Gasteiger partial charge in [0.1, 0.15) is 23.2 Å². The smallest absolute Gasteiger partial charge is 0.193 e. The Balaban J connectivity index is 1.80. The van der Waals surface area contributed by atoms with Gasteiger partial charge in [0.2, 0.25) is 0 Å². The predicted octanol–water partition coefficient (Wildman–Crippen LogP) is 4.42. The highest BCUT2D eigenvalue weighted by Gasteiger charge is 2.12. The van der Waals surface area contributed by atoms with Gasteiger partial charge in [-0.1, -0.05) is 34.7 Å². The van der Waals surface area contributed by atoms with Crippen LogP contribution >= 0.6 is 22.6 Å². The second-order valence-electron chi connectivity index (χ2n) is 5.21. The summed E-state index contributed by atoms with van der Waals surface area (Å²) >= 11 is 2.31. The molecular weight excluding hydrogens is 429 g/mol. The Hall–Kier alpha value is -2.86. The summed E-state index contributed by atoms with van der Waals surface area (Å²) in [4.78, 5) is 4.25. The lowest BCUT2D eigenvalue weighted by molar-refractivity contribution is 0.475. The van der Waals surface area contributed by atoms with Gasteiger partial charge < -0.3 is 10.4 Å². The van der Waals surface area contributed by atoms with Crippen LogP contribution in [0.25, 0.3) is 0 Å². The van der Waals surface area contributed by atoms with E-state index in [0.717, 1.165) is 15.7 Å².